The van der Waals surface area contributed by atoms with Gasteiger partial charge in [-0.2, -0.15) is 0 Å². The quantitative estimate of drug-likeness (QED) is 0.703. The van der Waals surface area contributed by atoms with Gasteiger partial charge in [-0.3, -0.25) is 0 Å². The molecule has 0 unspecified atom stereocenters. The Balaban J connectivity index is 2.30. The first-order chi connectivity index (χ1) is 4.29. The van der Waals surface area contributed by atoms with Crippen LogP contribution < -0.4 is 0 Å². The van der Waals surface area contributed by atoms with E-state index in [-0.39, 0.29) is 0 Å². The van der Waals surface area contributed by atoms with Crippen molar-refractivity contribution in [2.24, 2.45) is 0 Å². The molecule has 1 heteroatoms. The molecule has 0 heterocycles. The fourth-order valence-corrected chi connectivity index (χ4v) is 5.26. The van der Waals surface area contributed by atoms with E-state index in [0.29, 0.717) is 0 Å². The molecule has 0 fully saturated rings. The summed E-state index contributed by atoms with van der Waals surface area (Å²) >= 11 is -0.454. The predicted molar refractivity (Wildman–Crippen MR) is 36.9 cm³/mol. The summed E-state index contributed by atoms with van der Waals surface area (Å²) in [5.74, 6) is 0. The molecular weight excluding hydrogens is 235 g/mol. The van der Waals surface area contributed by atoms with Gasteiger partial charge in [0.1, 0.15) is 0 Å². The van der Waals surface area contributed by atoms with E-state index in [1.165, 1.54) is 6.42 Å². The molecule has 0 aromatic rings. The van der Waals surface area contributed by atoms with Gasteiger partial charge in [-0.1, -0.05) is 0 Å². The van der Waals surface area contributed by atoms with Gasteiger partial charge < -0.3 is 0 Å². The Labute approximate surface area is 74.1 Å². The Morgan fingerprint density at radius 3 is 2.78 bits per heavy atom. The molecule has 0 amide bonds. The van der Waals surface area contributed by atoms with Gasteiger partial charge >= 0.3 is 74.7 Å². The average molecular weight is 247 g/mol. The van der Waals surface area contributed by atoms with Crippen molar-refractivity contribution in [3.8, 4) is 0 Å². The van der Waals surface area contributed by atoms with E-state index in [4.69, 9.17) is 0 Å². The summed E-state index contributed by atoms with van der Waals surface area (Å²) < 4.78 is 2.82. The molecular formula is C8H12La. The zero-order valence-corrected chi connectivity index (χ0v) is 9.72. The topological polar surface area (TPSA) is 0 Å². The number of allylic oxidation sites excluding steroid dienone is 4. The second-order valence-corrected chi connectivity index (χ2v) is 10.3. The van der Waals surface area contributed by atoms with Crippen molar-refractivity contribution in [3.05, 3.63) is 20.2 Å². The maximum absolute atomic E-state index is 2.36. The summed E-state index contributed by atoms with van der Waals surface area (Å²) in [5, 5.41) is 0. The molecule has 0 N–H and O–H groups in total. The van der Waals surface area contributed by atoms with Gasteiger partial charge in [0, 0.05) is 0 Å². The molecule has 1 aliphatic carbocycles. The van der Waals surface area contributed by atoms with Crippen LogP contribution in [0.5, 0.6) is 0 Å². The van der Waals surface area contributed by atoms with Crippen LogP contribution in [-0.2, 0) is 0 Å². The summed E-state index contributed by atoms with van der Waals surface area (Å²) in [5.41, 5.74) is 0. The van der Waals surface area contributed by atoms with Crippen molar-refractivity contribution in [2.45, 2.75) is 22.6 Å². The van der Waals surface area contributed by atoms with E-state index in [0.717, 1.165) is 2.32 Å². The van der Waals surface area contributed by atoms with Crippen LogP contribution in [0.4, 0.5) is 0 Å². The molecule has 0 saturated heterocycles. The number of rotatable bonds is 2. The van der Waals surface area contributed by atoms with Crippen LogP contribution in [0.15, 0.2) is 20.2 Å². The Morgan fingerprint density at radius 2 is 2.33 bits per heavy atom. The fraction of sp³-hybridized carbons (Fsp3) is 0.500. The van der Waals surface area contributed by atoms with Gasteiger partial charge in [0.2, 0.25) is 0 Å². The molecule has 0 aliphatic heterocycles. The third-order valence-electron chi connectivity index (χ3n) is 1.35. The summed E-state index contributed by atoms with van der Waals surface area (Å²) in [4.78, 5) is 0. The first kappa shape index (κ1) is 7.78. The molecule has 0 bridgehead atoms. The first-order valence-electron chi connectivity index (χ1n) is 3.49. The Kier molecular flexibility index (Phi) is 3.24. The molecule has 1 aliphatic rings. The Bertz CT molecular complexity index is 143. The third kappa shape index (κ3) is 2.84. The first-order valence-corrected chi connectivity index (χ1v) is 7.40. The van der Waals surface area contributed by atoms with E-state index in [2.05, 4.69) is 32.1 Å². The van der Waals surface area contributed by atoms with Gasteiger partial charge in [0.15, 0.2) is 0 Å². The van der Waals surface area contributed by atoms with E-state index in [1.54, 1.807) is 1.98 Å². The minimum atomic E-state index is -0.454. The van der Waals surface area contributed by atoms with Crippen molar-refractivity contribution >= 4 is 0 Å². The Morgan fingerprint density at radius 1 is 1.56 bits per heavy atom. The molecule has 0 spiro atoms. The summed E-state index contributed by atoms with van der Waals surface area (Å²) in [6, 6.07) is 0. The standard InChI is InChI=1S/C5H5.C3H7.La/c1-2-4-5-3-1;1-3-2;/h1-3H,4H2;3H,1-2H3;. The van der Waals surface area contributed by atoms with Crippen molar-refractivity contribution in [1.29, 1.82) is 0 Å². The zero-order valence-electron chi connectivity index (χ0n) is 6.09. The van der Waals surface area contributed by atoms with Crippen LogP contribution in [0, 0.1) is 31.9 Å². The minimum absolute atomic E-state index is 0.454. The van der Waals surface area contributed by atoms with Crippen LogP contribution >= 0.6 is 0 Å². The average Bonchev–Trinajstić information content (AvgIpc) is 2.15. The summed E-state index contributed by atoms with van der Waals surface area (Å²) in [6.07, 6.45) is 8.09. The van der Waals surface area contributed by atoms with Crippen molar-refractivity contribution < 1.29 is 31.9 Å². The van der Waals surface area contributed by atoms with Crippen LogP contribution in [-0.4, -0.2) is 0 Å². The Hall–Kier alpha value is 0.675. The van der Waals surface area contributed by atoms with Crippen LogP contribution in [0.25, 0.3) is 0 Å². The van der Waals surface area contributed by atoms with E-state index >= 15 is 0 Å². The van der Waals surface area contributed by atoms with Crippen molar-refractivity contribution in [2.75, 3.05) is 0 Å². The van der Waals surface area contributed by atoms with Crippen LogP contribution in [0.2, 0.25) is 2.32 Å². The van der Waals surface area contributed by atoms with Crippen LogP contribution in [0.1, 0.15) is 20.3 Å². The maximum atomic E-state index is 2.36. The number of hydrogen-bond acceptors (Lipinski definition) is 0. The van der Waals surface area contributed by atoms with Gasteiger partial charge in [0.05, 0.1) is 0 Å². The van der Waals surface area contributed by atoms with E-state index in [1.807, 2.05) is 0 Å². The molecule has 1 rings (SSSR count). The number of hydrogen-bond donors (Lipinski definition) is 0. The molecule has 47 valence electrons. The molecule has 0 aromatic carbocycles. The summed E-state index contributed by atoms with van der Waals surface area (Å²) in [6.45, 7) is 4.71. The normalized spacial score (nSPS) is 16.1. The predicted octanol–water partition coefficient (Wildman–Crippen LogP) is 2.74. The van der Waals surface area contributed by atoms with Crippen molar-refractivity contribution in [3.63, 3.8) is 0 Å². The van der Waals surface area contributed by atoms with Crippen molar-refractivity contribution in [1.82, 2.24) is 0 Å². The van der Waals surface area contributed by atoms with Gasteiger partial charge in [-0.25, -0.2) is 0 Å². The fourth-order valence-electron chi connectivity index (χ4n) is 1.02. The van der Waals surface area contributed by atoms with Gasteiger partial charge in [0.25, 0.3) is 0 Å². The molecule has 0 aromatic heterocycles. The molecule has 9 heavy (non-hydrogen) atoms. The summed E-state index contributed by atoms with van der Waals surface area (Å²) in [7, 11) is 0. The second kappa shape index (κ2) is 3.75. The van der Waals surface area contributed by atoms with E-state index < -0.39 is 31.9 Å². The SMILES string of the molecule is C[CH](C)[La][C]1=CC=CC1. The van der Waals surface area contributed by atoms with Gasteiger partial charge in [-0.15, -0.1) is 0 Å². The van der Waals surface area contributed by atoms with Gasteiger partial charge in [-0.05, 0) is 0 Å². The molecule has 0 radical (unpaired) electrons. The zero-order chi connectivity index (χ0) is 6.69. The molecule has 0 nitrogen and oxygen atoms in total. The van der Waals surface area contributed by atoms with Crippen LogP contribution in [0.3, 0.4) is 0 Å². The monoisotopic (exact) mass is 247 g/mol. The molecule has 0 atom stereocenters. The van der Waals surface area contributed by atoms with E-state index in [9.17, 15) is 0 Å². The third-order valence-corrected chi connectivity index (χ3v) is 6.13. The molecule has 0 saturated carbocycles. The second-order valence-electron chi connectivity index (χ2n) is 2.78.